The molecular formula is C11H6Cl2N4. The summed E-state index contributed by atoms with van der Waals surface area (Å²) in [5, 5.41) is 1.14. The molecule has 0 atom stereocenters. The topological polar surface area (TPSA) is 54.5 Å². The van der Waals surface area contributed by atoms with Gasteiger partial charge in [-0.1, -0.05) is 23.2 Å². The molecule has 3 aromatic rings. The van der Waals surface area contributed by atoms with Crippen LogP contribution in [0.1, 0.15) is 0 Å². The van der Waals surface area contributed by atoms with Gasteiger partial charge in [-0.3, -0.25) is 0 Å². The Morgan fingerprint density at radius 2 is 1.82 bits per heavy atom. The highest BCUT2D eigenvalue weighted by Gasteiger charge is 2.07. The predicted octanol–water partition coefficient (Wildman–Crippen LogP) is 3.33. The summed E-state index contributed by atoms with van der Waals surface area (Å²) >= 11 is 11.9. The maximum Gasteiger partial charge on any atom is 0.181 e. The molecule has 0 fully saturated rings. The molecule has 2 heterocycles. The van der Waals surface area contributed by atoms with Gasteiger partial charge in [0, 0.05) is 15.6 Å². The van der Waals surface area contributed by atoms with E-state index < -0.39 is 0 Å². The Labute approximate surface area is 107 Å². The summed E-state index contributed by atoms with van der Waals surface area (Å²) < 4.78 is 0. The van der Waals surface area contributed by atoms with E-state index in [4.69, 9.17) is 23.2 Å². The number of nitrogens with one attached hydrogen (secondary N) is 1. The fourth-order valence-electron chi connectivity index (χ4n) is 1.59. The molecule has 2 aromatic heterocycles. The second-order valence-electron chi connectivity index (χ2n) is 3.50. The molecule has 84 valence electrons. The van der Waals surface area contributed by atoms with Crippen molar-refractivity contribution in [3.63, 3.8) is 0 Å². The standard InChI is InChI=1S/C11H6Cl2N4/c12-7-1-6(2-8(13)3-7)10-16-9-4-14-5-15-11(9)17-10/h1-5H,(H,14,15,16,17). The lowest BCUT2D eigenvalue weighted by Crippen LogP contribution is -1.80. The lowest BCUT2D eigenvalue weighted by Gasteiger charge is -1.98. The van der Waals surface area contributed by atoms with Crippen LogP contribution in [0.4, 0.5) is 0 Å². The van der Waals surface area contributed by atoms with Crippen LogP contribution in [0, 0.1) is 0 Å². The summed E-state index contributed by atoms with van der Waals surface area (Å²) in [4.78, 5) is 15.4. The van der Waals surface area contributed by atoms with Crippen LogP contribution >= 0.6 is 23.2 Å². The van der Waals surface area contributed by atoms with E-state index in [1.54, 1.807) is 24.4 Å². The Balaban J connectivity index is 2.20. The van der Waals surface area contributed by atoms with Crippen molar-refractivity contribution < 1.29 is 0 Å². The molecule has 4 nitrogen and oxygen atoms in total. The molecule has 0 saturated heterocycles. The van der Waals surface area contributed by atoms with Crippen LogP contribution in [0.5, 0.6) is 0 Å². The minimum Gasteiger partial charge on any atom is -0.335 e. The van der Waals surface area contributed by atoms with Gasteiger partial charge in [-0.25, -0.2) is 15.0 Å². The summed E-state index contributed by atoms with van der Waals surface area (Å²) in [7, 11) is 0. The number of benzene rings is 1. The second kappa shape index (κ2) is 3.98. The lowest BCUT2D eigenvalue weighted by molar-refractivity contribution is 1.20. The Bertz CT molecular complexity index is 640. The first kappa shape index (κ1) is 10.5. The van der Waals surface area contributed by atoms with E-state index in [1.165, 1.54) is 6.33 Å². The molecular weight excluding hydrogens is 259 g/mol. The van der Waals surface area contributed by atoms with Crippen LogP contribution in [0.25, 0.3) is 22.6 Å². The normalized spacial score (nSPS) is 10.9. The van der Waals surface area contributed by atoms with Gasteiger partial charge in [-0.2, -0.15) is 0 Å². The van der Waals surface area contributed by atoms with Crippen molar-refractivity contribution in [2.24, 2.45) is 0 Å². The molecule has 17 heavy (non-hydrogen) atoms. The first-order valence-corrected chi connectivity index (χ1v) is 5.60. The van der Waals surface area contributed by atoms with Gasteiger partial charge in [0.05, 0.1) is 6.20 Å². The summed E-state index contributed by atoms with van der Waals surface area (Å²) in [6, 6.07) is 5.26. The number of halogens is 2. The highest BCUT2D eigenvalue weighted by molar-refractivity contribution is 6.35. The summed E-state index contributed by atoms with van der Waals surface area (Å²) in [5.74, 6) is 0.671. The highest BCUT2D eigenvalue weighted by Crippen LogP contribution is 2.26. The van der Waals surface area contributed by atoms with E-state index in [-0.39, 0.29) is 0 Å². The van der Waals surface area contributed by atoms with Gasteiger partial charge < -0.3 is 4.98 Å². The van der Waals surface area contributed by atoms with Crippen LogP contribution in [-0.4, -0.2) is 19.9 Å². The minimum absolute atomic E-state index is 0.569. The maximum atomic E-state index is 5.94. The van der Waals surface area contributed by atoms with E-state index in [9.17, 15) is 0 Å². The fourth-order valence-corrected chi connectivity index (χ4v) is 2.12. The number of hydrogen-bond acceptors (Lipinski definition) is 3. The van der Waals surface area contributed by atoms with Gasteiger partial charge in [-0.05, 0) is 18.2 Å². The molecule has 0 aliphatic rings. The average molecular weight is 265 g/mol. The SMILES string of the molecule is Clc1cc(Cl)cc(-c2nc3ncncc3[nH]2)c1. The van der Waals surface area contributed by atoms with E-state index >= 15 is 0 Å². The molecule has 0 saturated carbocycles. The number of fused-ring (bicyclic) bond motifs is 1. The molecule has 1 N–H and O–H groups in total. The maximum absolute atomic E-state index is 5.94. The van der Waals surface area contributed by atoms with E-state index in [0.29, 0.717) is 21.5 Å². The third-order valence-corrected chi connectivity index (χ3v) is 2.73. The summed E-state index contributed by atoms with van der Waals surface area (Å²) in [6.45, 7) is 0. The quantitative estimate of drug-likeness (QED) is 0.734. The van der Waals surface area contributed by atoms with Gasteiger partial charge in [0.1, 0.15) is 17.7 Å². The van der Waals surface area contributed by atoms with Gasteiger partial charge in [0.25, 0.3) is 0 Å². The van der Waals surface area contributed by atoms with Crippen molar-refractivity contribution in [1.29, 1.82) is 0 Å². The Morgan fingerprint density at radius 3 is 2.53 bits per heavy atom. The number of imidazole rings is 1. The first-order valence-electron chi connectivity index (χ1n) is 4.84. The van der Waals surface area contributed by atoms with Gasteiger partial charge in [-0.15, -0.1) is 0 Å². The monoisotopic (exact) mass is 264 g/mol. The number of aromatic amines is 1. The summed E-state index contributed by atoms with van der Waals surface area (Å²) in [5.41, 5.74) is 2.21. The molecule has 0 unspecified atom stereocenters. The highest BCUT2D eigenvalue weighted by atomic mass is 35.5. The van der Waals surface area contributed by atoms with Crippen LogP contribution < -0.4 is 0 Å². The number of rotatable bonds is 1. The molecule has 0 spiro atoms. The minimum atomic E-state index is 0.569. The average Bonchev–Trinajstić information content (AvgIpc) is 2.71. The summed E-state index contributed by atoms with van der Waals surface area (Å²) in [6.07, 6.45) is 3.13. The van der Waals surface area contributed by atoms with Crippen molar-refractivity contribution in [3.8, 4) is 11.4 Å². The number of hydrogen-bond donors (Lipinski definition) is 1. The largest absolute Gasteiger partial charge is 0.335 e. The van der Waals surface area contributed by atoms with E-state index in [1.807, 2.05) is 0 Å². The number of nitrogens with zero attached hydrogens (tertiary/aromatic N) is 3. The third-order valence-electron chi connectivity index (χ3n) is 2.30. The molecule has 0 amide bonds. The van der Waals surface area contributed by atoms with Crippen molar-refractivity contribution in [2.45, 2.75) is 0 Å². The Hall–Kier alpha value is -1.65. The van der Waals surface area contributed by atoms with Gasteiger partial charge in [0.15, 0.2) is 5.65 Å². The van der Waals surface area contributed by atoms with E-state index in [2.05, 4.69) is 19.9 Å². The molecule has 0 aliphatic heterocycles. The third kappa shape index (κ3) is 1.97. The van der Waals surface area contributed by atoms with Crippen LogP contribution in [-0.2, 0) is 0 Å². The molecule has 3 rings (SSSR count). The zero-order chi connectivity index (χ0) is 11.8. The molecule has 0 bridgehead atoms. The van der Waals surface area contributed by atoms with E-state index in [0.717, 1.165) is 11.1 Å². The van der Waals surface area contributed by atoms with Crippen molar-refractivity contribution in [2.75, 3.05) is 0 Å². The Kier molecular flexibility index (Phi) is 2.46. The van der Waals surface area contributed by atoms with Crippen LogP contribution in [0.2, 0.25) is 10.0 Å². The van der Waals surface area contributed by atoms with Crippen LogP contribution in [0.15, 0.2) is 30.7 Å². The smallest absolute Gasteiger partial charge is 0.181 e. The predicted molar refractivity (Wildman–Crippen MR) is 67.1 cm³/mol. The fraction of sp³-hybridized carbons (Fsp3) is 0. The molecule has 0 radical (unpaired) electrons. The first-order chi connectivity index (χ1) is 8.22. The van der Waals surface area contributed by atoms with Crippen molar-refractivity contribution >= 4 is 34.4 Å². The molecule has 1 aromatic carbocycles. The van der Waals surface area contributed by atoms with Crippen LogP contribution in [0.3, 0.4) is 0 Å². The van der Waals surface area contributed by atoms with Gasteiger partial charge in [0.2, 0.25) is 0 Å². The Morgan fingerprint density at radius 1 is 1.06 bits per heavy atom. The van der Waals surface area contributed by atoms with Gasteiger partial charge >= 0.3 is 0 Å². The lowest BCUT2D eigenvalue weighted by atomic mass is 10.2. The zero-order valence-corrected chi connectivity index (χ0v) is 10.00. The van der Waals surface area contributed by atoms with Crippen molar-refractivity contribution in [1.82, 2.24) is 19.9 Å². The number of H-pyrrole nitrogens is 1. The number of aromatic nitrogens is 4. The molecule has 6 heteroatoms. The second-order valence-corrected chi connectivity index (χ2v) is 4.38. The zero-order valence-electron chi connectivity index (χ0n) is 8.48. The van der Waals surface area contributed by atoms with Crippen molar-refractivity contribution in [3.05, 3.63) is 40.8 Å². The molecule has 0 aliphatic carbocycles.